The van der Waals surface area contributed by atoms with Crippen LogP contribution in [0.4, 0.5) is 0 Å². The van der Waals surface area contributed by atoms with Gasteiger partial charge in [-0.2, -0.15) is 0 Å². The average Bonchev–Trinajstić information content (AvgIpc) is 4.22. The van der Waals surface area contributed by atoms with E-state index in [1.807, 2.05) is 57.1 Å². The van der Waals surface area contributed by atoms with Crippen molar-refractivity contribution >= 4 is 16.8 Å². The van der Waals surface area contributed by atoms with E-state index in [1.54, 1.807) is 0 Å². The summed E-state index contributed by atoms with van der Waals surface area (Å²) < 4.78 is 21.6. The third-order valence-corrected chi connectivity index (χ3v) is 14.3. The summed E-state index contributed by atoms with van der Waals surface area (Å²) in [5.41, 5.74) is 21.6. The highest BCUT2D eigenvalue weighted by atomic mass is 16.5. The smallest absolute Gasteiger partial charge is 0.240 e. The molecule has 6 unspecified atom stereocenters. The molecule has 2 saturated heterocycles. The van der Waals surface area contributed by atoms with Crippen molar-refractivity contribution in [3.8, 4) is 45.3 Å². The van der Waals surface area contributed by atoms with Crippen molar-refractivity contribution in [2.75, 3.05) is 32.9 Å². The van der Waals surface area contributed by atoms with Gasteiger partial charge in [-0.1, -0.05) is 70.2 Å². The lowest BCUT2D eigenvalue weighted by molar-refractivity contribution is -0.134. The highest BCUT2D eigenvalue weighted by molar-refractivity contribution is 5.92. The number of fused-ring (bicyclic) bond motifs is 5. The fourth-order valence-electron chi connectivity index (χ4n) is 10.3. The summed E-state index contributed by atoms with van der Waals surface area (Å²) in [6.07, 6.45) is 14.8. The van der Waals surface area contributed by atoms with Crippen LogP contribution in [-0.2, 0) is 9.53 Å². The van der Waals surface area contributed by atoms with E-state index in [0.717, 1.165) is 118 Å². The van der Waals surface area contributed by atoms with E-state index in [1.165, 1.54) is 5.57 Å². The first kappa shape index (κ1) is 45.7. The lowest BCUT2D eigenvalue weighted by atomic mass is 10.0. The van der Waals surface area contributed by atoms with Crippen molar-refractivity contribution in [2.45, 2.75) is 103 Å². The number of carbonyl (C=O) groups excluding carboxylic acids is 1. The molecule has 10 rings (SSSR count). The Kier molecular flexibility index (Phi) is 13.1. The Labute approximate surface area is 398 Å². The monoisotopic (exact) mass is 920 g/mol. The number of rotatable bonds is 16. The van der Waals surface area contributed by atoms with Gasteiger partial charge >= 0.3 is 0 Å². The standard InChI is InChI=1S/C54H65N9O5/c1-32(2)48(55)52(64)61-21-9-15-44(61)50-57-29-41(59-50)35-18-20-43-38(25-35)27-46-40-19-17-36(42-30-58-51(60-42)45-16-10-22-62(45)53(65)49(56)33(3)4)28-47(40)68-54(63(43)46)37-13-8-14-39(26-37)67-24-23-66-31-34-11-6-5-7-12-34/h6,8,11-14,17-20,25-30,32-33,44-45,48-49,52,54,64H,5,7,9-10,15-16,21-24,31,55-56H2,1-4H3,(H,57,59)(H,58,60). The Morgan fingerprint density at radius 3 is 2.38 bits per heavy atom. The summed E-state index contributed by atoms with van der Waals surface area (Å²) in [6.45, 7) is 11.0. The minimum atomic E-state index is -0.742. The molecule has 0 saturated carbocycles. The first-order valence-corrected chi connectivity index (χ1v) is 24.5. The molecule has 0 bridgehead atoms. The van der Waals surface area contributed by atoms with Gasteiger partial charge in [0.25, 0.3) is 0 Å². The van der Waals surface area contributed by atoms with Crippen LogP contribution in [0.15, 0.2) is 103 Å². The van der Waals surface area contributed by atoms with Crippen molar-refractivity contribution in [3.05, 3.63) is 120 Å². The number of aliphatic hydroxyl groups excluding tert-OH is 1. The number of benzene rings is 3. The van der Waals surface area contributed by atoms with Gasteiger partial charge in [0, 0.05) is 46.8 Å². The van der Waals surface area contributed by atoms with E-state index >= 15 is 0 Å². The van der Waals surface area contributed by atoms with Gasteiger partial charge in [-0.3, -0.25) is 9.69 Å². The van der Waals surface area contributed by atoms with Gasteiger partial charge in [0.1, 0.15) is 36.0 Å². The first-order chi connectivity index (χ1) is 33.0. The van der Waals surface area contributed by atoms with Crippen LogP contribution in [0, 0.1) is 11.8 Å². The number of ether oxygens (including phenoxy) is 3. The molecule has 2 fully saturated rings. The Balaban J connectivity index is 0.955. The van der Waals surface area contributed by atoms with Crippen molar-refractivity contribution in [1.82, 2.24) is 34.3 Å². The molecule has 4 aliphatic rings. The zero-order valence-electron chi connectivity index (χ0n) is 39.6. The Morgan fingerprint density at radius 1 is 0.868 bits per heavy atom. The number of nitrogens with two attached hydrogens (primary N) is 2. The molecule has 3 aromatic heterocycles. The van der Waals surface area contributed by atoms with E-state index < -0.39 is 18.5 Å². The van der Waals surface area contributed by atoms with Crippen LogP contribution in [0.5, 0.6) is 11.5 Å². The van der Waals surface area contributed by atoms with Crippen molar-refractivity contribution in [2.24, 2.45) is 23.3 Å². The number of aliphatic hydroxyl groups is 1. The zero-order chi connectivity index (χ0) is 47.1. The number of hydrogen-bond donors (Lipinski definition) is 5. The van der Waals surface area contributed by atoms with Crippen LogP contribution < -0.4 is 20.9 Å². The number of carbonyl (C=O) groups is 1. The number of allylic oxidation sites excluding steroid dienone is 2. The minimum absolute atomic E-state index is 0.0298. The largest absolute Gasteiger partial charge is 0.491 e. The molecule has 68 heavy (non-hydrogen) atoms. The van der Waals surface area contributed by atoms with Crippen molar-refractivity contribution in [1.29, 1.82) is 0 Å². The molecule has 356 valence electrons. The number of aromatic amines is 2. The van der Waals surface area contributed by atoms with Crippen LogP contribution in [0.2, 0.25) is 0 Å². The molecular formula is C54H65N9O5. The summed E-state index contributed by atoms with van der Waals surface area (Å²) in [6, 6.07) is 22.1. The SMILES string of the molecule is CC(C)C(N)C(=O)N1CCCC1c1ncc(-c2ccc3c(c2)OC(c2cccc(OCCOCC4=CCCC=C4)c2)n2c-3cc3cc(-c4cnc(C5CCCN5C(O)C(N)C(C)C)[nH]4)ccc32)[nH]1. The summed E-state index contributed by atoms with van der Waals surface area (Å²) in [5.74, 6) is 3.24. The van der Waals surface area contributed by atoms with E-state index in [9.17, 15) is 9.90 Å². The minimum Gasteiger partial charge on any atom is -0.491 e. The number of aromatic nitrogens is 5. The van der Waals surface area contributed by atoms with Gasteiger partial charge in [0.05, 0.1) is 66.3 Å². The molecule has 1 aliphatic carbocycles. The zero-order valence-corrected chi connectivity index (χ0v) is 39.6. The predicted molar refractivity (Wildman–Crippen MR) is 265 cm³/mol. The Bertz CT molecular complexity index is 2820. The molecule has 0 spiro atoms. The molecule has 14 heteroatoms. The molecule has 14 nitrogen and oxygen atoms in total. The van der Waals surface area contributed by atoms with Gasteiger partial charge in [0.15, 0.2) is 0 Å². The van der Waals surface area contributed by atoms with Crippen LogP contribution in [0.25, 0.3) is 44.7 Å². The molecule has 7 N–H and O–H groups in total. The summed E-state index contributed by atoms with van der Waals surface area (Å²) >= 11 is 0. The van der Waals surface area contributed by atoms with Crippen LogP contribution in [0.3, 0.4) is 0 Å². The van der Waals surface area contributed by atoms with Gasteiger partial charge in [-0.15, -0.1) is 0 Å². The van der Waals surface area contributed by atoms with Crippen LogP contribution in [-0.4, -0.2) is 96.5 Å². The third-order valence-electron chi connectivity index (χ3n) is 14.3. The van der Waals surface area contributed by atoms with Gasteiger partial charge < -0.3 is 50.2 Å². The van der Waals surface area contributed by atoms with Gasteiger partial charge in [0.2, 0.25) is 12.1 Å². The Morgan fingerprint density at radius 2 is 1.62 bits per heavy atom. The maximum atomic E-state index is 13.4. The number of likely N-dealkylation sites (tertiary alicyclic amines) is 2. The lowest BCUT2D eigenvalue weighted by Gasteiger charge is -2.33. The van der Waals surface area contributed by atoms with E-state index in [0.29, 0.717) is 26.4 Å². The molecule has 1 amide bonds. The fourth-order valence-corrected chi connectivity index (χ4v) is 10.3. The average molecular weight is 920 g/mol. The number of H-pyrrole nitrogens is 2. The molecule has 6 aromatic rings. The van der Waals surface area contributed by atoms with Crippen molar-refractivity contribution in [3.63, 3.8) is 0 Å². The number of amides is 1. The predicted octanol–water partition coefficient (Wildman–Crippen LogP) is 8.79. The summed E-state index contributed by atoms with van der Waals surface area (Å²) in [5, 5.41) is 12.3. The second-order valence-electron chi connectivity index (χ2n) is 19.5. The molecule has 3 aromatic carbocycles. The maximum absolute atomic E-state index is 13.4. The van der Waals surface area contributed by atoms with Crippen LogP contribution in [0.1, 0.15) is 102 Å². The first-order valence-electron chi connectivity index (χ1n) is 24.5. The highest BCUT2D eigenvalue weighted by Gasteiger charge is 2.38. The molecule has 3 aliphatic heterocycles. The fraction of sp³-hybridized carbons (Fsp3) is 0.426. The quantitative estimate of drug-likeness (QED) is 0.0588. The van der Waals surface area contributed by atoms with Gasteiger partial charge in [-0.05, 0) is 98.4 Å². The second-order valence-corrected chi connectivity index (χ2v) is 19.5. The third kappa shape index (κ3) is 9.03. The molecule has 6 atom stereocenters. The van der Waals surface area contributed by atoms with Gasteiger partial charge in [-0.25, -0.2) is 9.97 Å². The number of nitrogens with one attached hydrogen (secondary N) is 2. The summed E-state index contributed by atoms with van der Waals surface area (Å²) in [7, 11) is 0. The number of imidazole rings is 2. The van der Waals surface area contributed by atoms with E-state index in [2.05, 4.69) is 92.3 Å². The number of nitrogens with zero attached hydrogens (tertiary/aromatic N) is 5. The summed E-state index contributed by atoms with van der Waals surface area (Å²) in [4.78, 5) is 34.2. The van der Waals surface area contributed by atoms with Crippen molar-refractivity contribution < 1.29 is 24.1 Å². The lowest BCUT2D eigenvalue weighted by Crippen LogP contribution is -2.50. The highest BCUT2D eigenvalue weighted by Crippen LogP contribution is 2.47. The molecular weight excluding hydrogens is 855 g/mol. The molecule has 0 radical (unpaired) electrons. The Hall–Kier alpha value is -6.03. The second kappa shape index (κ2) is 19.5. The maximum Gasteiger partial charge on any atom is 0.240 e. The number of hydrogen-bond acceptors (Lipinski definition) is 10. The normalized spacial score (nSPS) is 20.7. The molecule has 6 heterocycles. The van der Waals surface area contributed by atoms with Crippen LogP contribution >= 0.6 is 0 Å². The van der Waals surface area contributed by atoms with E-state index in [4.69, 9.17) is 35.6 Å². The van der Waals surface area contributed by atoms with E-state index in [-0.39, 0.29) is 35.9 Å². The topological polar surface area (TPSA) is 186 Å².